The number of aliphatic carboxylic acids is 1. The van der Waals surface area contributed by atoms with E-state index in [0.29, 0.717) is 6.42 Å². The molecule has 11 heteroatoms. The van der Waals surface area contributed by atoms with Gasteiger partial charge in [0.1, 0.15) is 29.8 Å². The van der Waals surface area contributed by atoms with Gasteiger partial charge in [-0.15, -0.1) is 6.58 Å². The summed E-state index contributed by atoms with van der Waals surface area (Å²) in [6, 6.07) is 7.86. The molecule has 5 rings (SSSR count). The molecule has 0 aromatic heterocycles. The Balaban J connectivity index is 1.39. The summed E-state index contributed by atoms with van der Waals surface area (Å²) < 4.78 is 5.62. The van der Waals surface area contributed by atoms with E-state index in [0.717, 1.165) is 62.6 Å². The number of nitrogens with zero attached hydrogens (tertiary/aromatic N) is 2. The second-order valence-electron chi connectivity index (χ2n) is 14.7. The van der Waals surface area contributed by atoms with Crippen LogP contribution in [0.25, 0.3) is 0 Å². The zero-order chi connectivity index (χ0) is 33.8. The van der Waals surface area contributed by atoms with Gasteiger partial charge in [-0.1, -0.05) is 75.2 Å². The Morgan fingerprint density at radius 1 is 1.06 bits per heavy atom. The zero-order valence-corrected chi connectivity index (χ0v) is 27.9. The third-order valence-corrected chi connectivity index (χ3v) is 10.2. The molecule has 4 aliphatic rings. The number of nitrogens with one attached hydrogen (secondary N) is 2. The van der Waals surface area contributed by atoms with Crippen molar-refractivity contribution in [1.82, 2.24) is 15.5 Å². The number of carbonyl (C=O) groups is 4. The number of hydrogen-bond donors (Lipinski definition) is 3. The van der Waals surface area contributed by atoms with Gasteiger partial charge in [-0.05, 0) is 68.3 Å². The summed E-state index contributed by atoms with van der Waals surface area (Å²) in [5, 5.41) is 20.3. The lowest BCUT2D eigenvalue weighted by molar-refractivity contribution is -0.146. The fourth-order valence-electron chi connectivity index (χ4n) is 7.38. The van der Waals surface area contributed by atoms with Gasteiger partial charge in [0, 0.05) is 12.3 Å². The topological polar surface area (TPSA) is 147 Å². The maximum Gasteiger partial charge on any atom is 0.408 e. The Bertz CT molecular complexity index is 1350. The molecule has 4 fully saturated rings. The maximum atomic E-state index is 14.3. The smallest absolute Gasteiger partial charge is 0.408 e. The fourth-order valence-corrected chi connectivity index (χ4v) is 7.38. The molecule has 3 saturated carbocycles. The first-order chi connectivity index (χ1) is 22.4. The summed E-state index contributed by atoms with van der Waals surface area (Å²) >= 11 is 0. The van der Waals surface area contributed by atoms with Gasteiger partial charge in [0.05, 0.1) is 12.3 Å². The Kier molecular flexibility index (Phi) is 10.6. The van der Waals surface area contributed by atoms with Gasteiger partial charge in [0.15, 0.2) is 0 Å². The van der Waals surface area contributed by atoms with Crippen molar-refractivity contribution in [2.75, 3.05) is 6.54 Å². The SMILES string of the molecule is C=CC[C@@H]1C[C@]1(NC(=O)[C@@H]1C[C@@H](O/N=C(/c2ccccc2)C2CCCC2)CN1C(=O)[C@@H](NC(=O)OC1CCCC1)C(C)(C)C)C(=O)O. The minimum absolute atomic E-state index is 0.0508. The van der Waals surface area contributed by atoms with Crippen molar-refractivity contribution < 1.29 is 33.9 Å². The first-order valence-corrected chi connectivity index (χ1v) is 17.2. The molecule has 1 aromatic rings. The van der Waals surface area contributed by atoms with E-state index in [9.17, 15) is 24.3 Å². The Morgan fingerprint density at radius 3 is 2.34 bits per heavy atom. The van der Waals surface area contributed by atoms with E-state index in [2.05, 4.69) is 22.4 Å². The van der Waals surface area contributed by atoms with Crippen LogP contribution >= 0.6 is 0 Å². The maximum absolute atomic E-state index is 14.3. The van der Waals surface area contributed by atoms with Crippen molar-refractivity contribution in [3.05, 3.63) is 48.6 Å². The fraction of sp³-hybridized carbons (Fsp3) is 0.639. The molecule has 1 aromatic carbocycles. The Labute approximate surface area is 277 Å². The normalized spacial score (nSPS) is 27.3. The summed E-state index contributed by atoms with van der Waals surface area (Å²) in [5.41, 5.74) is -0.302. The van der Waals surface area contributed by atoms with Crippen LogP contribution in [0.5, 0.6) is 0 Å². The number of carboxylic acids is 1. The molecule has 47 heavy (non-hydrogen) atoms. The number of likely N-dealkylation sites (tertiary alicyclic amines) is 1. The van der Waals surface area contributed by atoms with E-state index < -0.39 is 53.0 Å². The van der Waals surface area contributed by atoms with Crippen LogP contribution in [0.4, 0.5) is 4.79 Å². The third-order valence-electron chi connectivity index (χ3n) is 10.2. The first-order valence-electron chi connectivity index (χ1n) is 17.2. The van der Waals surface area contributed by atoms with E-state index in [4.69, 9.17) is 9.57 Å². The van der Waals surface area contributed by atoms with Crippen LogP contribution in [0.1, 0.15) is 97.0 Å². The second kappa shape index (κ2) is 14.5. The van der Waals surface area contributed by atoms with Crippen LogP contribution in [0.3, 0.4) is 0 Å². The van der Waals surface area contributed by atoms with E-state index in [-0.39, 0.29) is 37.3 Å². The van der Waals surface area contributed by atoms with Crippen molar-refractivity contribution in [1.29, 1.82) is 0 Å². The predicted octanol–water partition coefficient (Wildman–Crippen LogP) is 5.19. The lowest BCUT2D eigenvalue weighted by Crippen LogP contribution is -2.59. The number of rotatable bonds is 12. The Morgan fingerprint density at radius 2 is 1.72 bits per heavy atom. The predicted molar refractivity (Wildman–Crippen MR) is 176 cm³/mol. The van der Waals surface area contributed by atoms with Gasteiger partial charge in [-0.2, -0.15) is 0 Å². The van der Waals surface area contributed by atoms with Crippen LogP contribution in [0.2, 0.25) is 0 Å². The highest BCUT2D eigenvalue weighted by atomic mass is 16.6. The number of alkyl carbamates (subject to hydrolysis) is 1. The summed E-state index contributed by atoms with van der Waals surface area (Å²) in [4.78, 5) is 61.1. The van der Waals surface area contributed by atoms with E-state index in [1.54, 1.807) is 6.08 Å². The molecule has 1 saturated heterocycles. The number of allylic oxidation sites excluding steroid dienone is 1. The Hall–Kier alpha value is -3.89. The van der Waals surface area contributed by atoms with Gasteiger partial charge in [-0.3, -0.25) is 9.59 Å². The van der Waals surface area contributed by atoms with Gasteiger partial charge in [0.25, 0.3) is 0 Å². The molecule has 256 valence electrons. The molecule has 0 spiro atoms. The molecule has 0 bridgehead atoms. The molecule has 1 heterocycles. The largest absolute Gasteiger partial charge is 0.479 e. The lowest BCUT2D eigenvalue weighted by Gasteiger charge is -2.35. The van der Waals surface area contributed by atoms with Gasteiger partial charge in [0.2, 0.25) is 11.8 Å². The molecule has 0 unspecified atom stereocenters. The standard InChI is InChI=1S/C36H50N4O7/c1-5-13-25-21-36(25,33(43)44)38-31(41)28-20-27(47-39-29(24-16-9-10-17-24)23-14-7-6-8-15-23)22-40(28)32(42)30(35(2,3)4)37-34(45)46-26-18-11-12-19-26/h5-8,14-15,24-28,30H,1,9-13,16-22H2,2-4H3,(H,37,45)(H,38,41)(H,43,44)/b39-29-/t25-,27-,28+,30-,36-/m1/s1. The summed E-state index contributed by atoms with van der Waals surface area (Å²) in [5.74, 6) is -2.17. The van der Waals surface area contributed by atoms with E-state index in [1.807, 2.05) is 51.1 Å². The first kappa shape index (κ1) is 34.4. The van der Waals surface area contributed by atoms with Crippen LogP contribution in [-0.2, 0) is 24.0 Å². The number of ether oxygens (including phenoxy) is 1. The number of carbonyl (C=O) groups excluding carboxylic acids is 3. The number of hydrogen-bond acceptors (Lipinski definition) is 7. The number of benzene rings is 1. The van der Waals surface area contributed by atoms with Crippen molar-refractivity contribution in [3.63, 3.8) is 0 Å². The molecule has 0 radical (unpaired) electrons. The average molecular weight is 651 g/mol. The molecule has 3 N–H and O–H groups in total. The minimum atomic E-state index is -1.41. The second-order valence-corrected chi connectivity index (χ2v) is 14.7. The number of oxime groups is 1. The van der Waals surface area contributed by atoms with Crippen molar-refractivity contribution in [3.8, 4) is 0 Å². The highest BCUT2D eigenvalue weighted by Crippen LogP contribution is 2.46. The molecule has 1 aliphatic heterocycles. The molecular weight excluding hydrogens is 600 g/mol. The van der Waals surface area contributed by atoms with Gasteiger partial charge in [-0.25, -0.2) is 9.59 Å². The molecule has 5 atom stereocenters. The monoisotopic (exact) mass is 650 g/mol. The summed E-state index contributed by atoms with van der Waals surface area (Å²) in [6.45, 7) is 9.29. The van der Waals surface area contributed by atoms with Crippen LogP contribution in [0.15, 0.2) is 48.1 Å². The van der Waals surface area contributed by atoms with Gasteiger partial charge >= 0.3 is 12.1 Å². The summed E-state index contributed by atoms with van der Waals surface area (Å²) in [7, 11) is 0. The number of carboxylic acid groups (broad SMARTS) is 1. The van der Waals surface area contributed by atoms with Crippen molar-refractivity contribution in [2.45, 2.75) is 121 Å². The minimum Gasteiger partial charge on any atom is -0.479 e. The third kappa shape index (κ3) is 7.99. The van der Waals surface area contributed by atoms with Crippen LogP contribution in [0, 0.1) is 17.3 Å². The highest BCUT2D eigenvalue weighted by molar-refractivity contribution is 6.02. The van der Waals surface area contributed by atoms with Gasteiger partial charge < -0.3 is 30.2 Å². The van der Waals surface area contributed by atoms with E-state index in [1.165, 1.54) is 4.90 Å². The zero-order valence-electron chi connectivity index (χ0n) is 27.9. The van der Waals surface area contributed by atoms with Crippen molar-refractivity contribution >= 4 is 29.6 Å². The lowest BCUT2D eigenvalue weighted by atomic mass is 9.85. The van der Waals surface area contributed by atoms with Crippen LogP contribution in [-0.4, -0.2) is 76.0 Å². The summed E-state index contributed by atoms with van der Waals surface area (Å²) in [6.07, 6.45) is 8.86. The number of amides is 3. The quantitative estimate of drug-likeness (QED) is 0.160. The molecule has 3 amide bonds. The van der Waals surface area contributed by atoms with E-state index >= 15 is 0 Å². The average Bonchev–Trinajstić information content (AvgIpc) is 3.53. The molecule has 11 nitrogen and oxygen atoms in total. The van der Waals surface area contributed by atoms with Crippen LogP contribution < -0.4 is 10.6 Å². The molecular formula is C36H50N4O7. The highest BCUT2D eigenvalue weighted by Gasteiger charge is 2.62. The molecule has 3 aliphatic carbocycles. The van der Waals surface area contributed by atoms with Crippen molar-refractivity contribution in [2.24, 2.45) is 22.4 Å².